The van der Waals surface area contributed by atoms with E-state index in [-0.39, 0.29) is 11.5 Å². The van der Waals surface area contributed by atoms with Crippen molar-refractivity contribution in [3.63, 3.8) is 0 Å². The van der Waals surface area contributed by atoms with Crippen LogP contribution in [0.25, 0.3) is 22.3 Å². The van der Waals surface area contributed by atoms with E-state index in [2.05, 4.69) is 15.1 Å². The molecule has 35 heavy (non-hydrogen) atoms. The standard InChI is InChI=1S/C25H24ClN4O4P/c1-3-33-35(32,34-4-2)17-18-11-13-19(14-12-18)24-29-22-10-7-9-21(26)23(22)25(31)30(24)28-16-20-8-5-6-15-27-20/h5-16H,3-4,17H2,1-2H3/b28-16+. The quantitative estimate of drug-likeness (QED) is 0.210. The van der Waals surface area contributed by atoms with E-state index >= 15 is 0 Å². The second-order valence-electron chi connectivity index (χ2n) is 7.49. The molecule has 2 aromatic heterocycles. The SMILES string of the molecule is CCOP(=O)(Cc1ccc(-c2nc3cccc(Cl)c3c(=O)n2/N=C/c2ccccn2)cc1)OCC. The van der Waals surface area contributed by atoms with Crippen molar-refractivity contribution in [3.05, 3.63) is 93.5 Å². The van der Waals surface area contributed by atoms with Crippen LogP contribution in [-0.2, 0) is 19.8 Å². The lowest BCUT2D eigenvalue weighted by molar-refractivity contribution is 0.219. The van der Waals surface area contributed by atoms with Gasteiger partial charge < -0.3 is 9.05 Å². The first kappa shape index (κ1) is 24.9. The van der Waals surface area contributed by atoms with E-state index < -0.39 is 13.2 Å². The molecule has 0 saturated heterocycles. The van der Waals surface area contributed by atoms with Gasteiger partial charge in [0, 0.05) is 11.8 Å². The normalized spacial score (nSPS) is 12.0. The maximum absolute atomic E-state index is 13.4. The van der Waals surface area contributed by atoms with E-state index in [1.54, 1.807) is 74.6 Å². The molecule has 0 N–H and O–H groups in total. The van der Waals surface area contributed by atoms with Gasteiger partial charge in [0.2, 0.25) is 0 Å². The molecule has 0 aliphatic rings. The van der Waals surface area contributed by atoms with Gasteiger partial charge in [-0.1, -0.05) is 48.0 Å². The summed E-state index contributed by atoms with van der Waals surface area (Å²) in [5, 5.41) is 4.96. The van der Waals surface area contributed by atoms with Gasteiger partial charge in [-0.3, -0.25) is 14.3 Å². The van der Waals surface area contributed by atoms with Crippen molar-refractivity contribution < 1.29 is 13.6 Å². The van der Waals surface area contributed by atoms with Crippen LogP contribution in [0.5, 0.6) is 0 Å². The lowest BCUT2D eigenvalue weighted by Crippen LogP contribution is -2.20. The fourth-order valence-corrected chi connectivity index (χ4v) is 5.50. The molecule has 0 spiro atoms. The molecule has 2 heterocycles. The summed E-state index contributed by atoms with van der Waals surface area (Å²) >= 11 is 6.32. The van der Waals surface area contributed by atoms with Crippen LogP contribution in [0.15, 0.2) is 76.8 Å². The van der Waals surface area contributed by atoms with Gasteiger partial charge in [-0.15, -0.1) is 0 Å². The number of fused-ring (bicyclic) bond motifs is 1. The molecule has 0 aliphatic heterocycles. The van der Waals surface area contributed by atoms with Crippen LogP contribution in [0.4, 0.5) is 0 Å². The number of nitrogens with zero attached hydrogens (tertiary/aromatic N) is 4. The average Bonchev–Trinajstić information content (AvgIpc) is 2.84. The Kier molecular flexibility index (Phi) is 7.88. The topological polar surface area (TPSA) is 95.7 Å². The molecule has 0 fully saturated rings. The third-order valence-electron chi connectivity index (χ3n) is 5.06. The van der Waals surface area contributed by atoms with Gasteiger partial charge in [0.05, 0.1) is 47.2 Å². The zero-order valence-corrected chi connectivity index (χ0v) is 20.9. The van der Waals surface area contributed by atoms with E-state index in [9.17, 15) is 9.36 Å². The smallest absolute Gasteiger partial charge is 0.309 e. The van der Waals surface area contributed by atoms with Gasteiger partial charge in [-0.05, 0) is 43.7 Å². The first-order valence-electron chi connectivity index (χ1n) is 11.1. The van der Waals surface area contributed by atoms with Crippen LogP contribution in [-0.4, -0.2) is 34.1 Å². The van der Waals surface area contributed by atoms with Crippen molar-refractivity contribution in [2.24, 2.45) is 5.10 Å². The molecule has 180 valence electrons. The summed E-state index contributed by atoms with van der Waals surface area (Å²) in [5.41, 5.74) is 2.07. The Morgan fingerprint density at radius 3 is 2.43 bits per heavy atom. The predicted molar refractivity (Wildman–Crippen MR) is 138 cm³/mol. The highest BCUT2D eigenvalue weighted by atomic mass is 35.5. The number of aromatic nitrogens is 3. The highest BCUT2D eigenvalue weighted by Crippen LogP contribution is 2.51. The zero-order chi connectivity index (χ0) is 24.8. The third-order valence-corrected chi connectivity index (χ3v) is 7.43. The van der Waals surface area contributed by atoms with Crippen molar-refractivity contribution >= 4 is 36.3 Å². The van der Waals surface area contributed by atoms with E-state index in [4.69, 9.17) is 20.6 Å². The average molecular weight is 511 g/mol. The summed E-state index contributed by atoms with van der Waals surface area (Å²) in [5.74, 6) is 0.335. The summed E-state index contributed by atoms with van der Waals surface area (Å²) in [6.07, 6.45) is 3.27. The summed E-state index contributed by atoms with van der Waals surface area (Å²) in [7, 11) is -3.24. The minimum absolute atomic E-state index is 0.139. The summed E-state index contributed by atoms with van der Waals surface area (Å²) in [4.78, 5) is 22.3. The van der Waals surface area contributed by atoms with Crippen molar-refractivity contribution in [2.75, 3.05) is 13.2 Å². The molecule has 0 radical (unpaired) electrons. The second kappa shape index (κ2) is 11.1. The summed E-state index contributed by atoms with van der Waals surface area (Å²) < 4.78 is 24.9. The zero-order valence-electron chi connectivity index (χ0n) is 19.3. The minimum Gasteiger partial charge on any atom is -0.309 e. The molecule has 4 rings (SSSR count). The van der Waals surface area contributed by atoms with Crippen molar-refractivity contribution in [1.82, 2.24) is 14.6 Å². The van der Waals surface area contributed by atoms with Gasteiger partial charge in [0.25, 0.3) is 5.56 Å². The summed E-state index contributed by atoms with van der Waals surface area (Å²) in [6.45, 7) is 4.13. The highest BCUT2D eigenvalue weighted by molar-refractivity contribution is 7.53. The van der Waals surface area contributed by atoms with Crippen LogP contribution in [0, 0.1) is 0 Å². The second-order valence-corrected chi connectivity index (χ2v) is 9.95. The van der Waals surface area contributed by atoms with Crippen molar-refractivity contribution in [2.45, 2.75) is 20.0 Å². The van der Waals surface area contributed by atoms with Crippen LogP contribution in [0.3, 0.4) is 0 Å². The van der Waals surface area contributed by atoms with Crippen LogP contribution in [0.1, 0.15) is 25.1 Å². The van der Waals surface area contributed by atoms with Crippen LogP contribution < -0.4 is 5.56 Å². The molecule has 4 aromatic rings. The predicted octanol–water partition coefficient (Wildman–Crippen LogP) is 5.76. The Balaban J connectivity index is 1.78. The monoisotopic (exact) mass is 510 g/mol. The number of benzene rings is 2. The van der Waals surface area contributed by atoms with Gasteiger partial charge in [-0.25, -0.2) is 4.98 Å². The maximum atomic E-state index is 13.4. The van der Waals surface area contributed by atoms with E-state index in [0.717, 1.165) is 5.56 Å². The molecule has 0 saturated carbocycles. The number of halogens is 1. The van der Waals surface area contributed by atoms with Crippen molar-refractivity contribution in [1.29, 1.82) is 0 Å². The fourth-order valence-electron chi connectivity index (χ4n) is 3.55. The molecule has 0 unspecified atom stereocenters. The van der Waals surface area contributed by atoms with Gasteiger partial charge >= 0.3 is 7.60 Å². The first-order chi connectivity index (χ1) is 16.9. The molecular weight excluding hydrogens is 487 g/mol. The van der Waals surface area contributed by atoms with Gasteiger partial charge in [0.15, 0.2) is 5.82 Å². The minimum atomic E-state index is -3.24. The molecule has 2 aromatic carbocycles. The Bertz CT molecular complexity index is 1450. The molecule has 0 aliphatic carbocycles. The largest absolute Gasteiger partial charge is 0.335 e. The Morgan fingerprint density at radius 1 is 1.03 bits per heavy atom. The molecule has 0 bridgehead atoms. The lowest BCUT2D eigenvalue weighted by Gasteiger charge is -2.17. The lowest BCUT2D eigenvalue weighted by atomic mass is 10.1. The van der Waals surface area contributed by atoms with Gasteiger partial charge in [-0.2, -0.15) is 9.78 Å². The number of hydrogen-bond donors (Lipinski definition) is 0. The highest BCUT2D eigenvalue weighted by Gasteiger charge is 2.24. The number of rotatable bonds is 9. The fraction of sp³-hybridized carbons (Fsp3) is 0.200. The molecule has 0 amide bonds. The first-order valence-corrected chi connectivity index (χ1v) is 13.2. The third kappa shape index (κ3) is 5.74. The molecule has 10 heteroatoms. The molecule has 0 atom stereocenters. The van der Waals surface area contributed by atoms with E-state index in [0.29, 0.717) is 40.8 Å². The number of pyridine rings is 1. The maximum Gasteiger partial charge on any atom is 0.335 e. The van der Waals surface area contributed by atoms with E-state index in [1.165, 1.54) is 10.9 Å². The molecular formula is C25H24ClN4O4P. The summed E-state index contributed by atoms with van der Waals surface area (Å²) in [6, 6.07) is 17.7. The Morgan fingerprint density at radius 2 is 1.77 bits per heavy atom. The van der Waals surface area contributed by atoms with Crippen molar-refractivity contribution in [3.8, 4) is 11.4 Å². The number of hydrogen-bond acceptors (Lipinski definition) is 7. The Labute approximate surface area is 207 Å². The van der Waals surface area contributed by atoms with E-state index in [1.807, 2.05) is 6.07 Å². The Hall–Kier alpha value is -3.16. The molecule has 8 nitrogen and oxygen atoms in total. The van der Waals surface area contributed by atoms with Crippen LogP contribution >= 0.6 is 19.2 Å². The van der Waals surface area contributed by atoms with Crippen LogP contribution in [0.2, 0.25) is 5.02 Å². The van der Waals surface area contributed by atoms with Gasteiger partial charge in [0.1, 0.15) is 0 Å².